The van der Waals surface area contributed by atoms with Crippen LogP contribution in [0.4, 0.5) is 0 Å². The lowest BCUT2D eigenvalue weighted by Crippen LogP contribution is -2.42. The lowest BCUT2D eigenvalue weighted by atomic mass is 9.63. The summed E-state index contributed by atoms with van der Waals surface area (Å²) in [6.07, 6.45) is 3.82. The number of halogens is 1. The van der Waals surface area contributed by atoms with Crippen LogP contribution in [0, 0.1) is 13.8 Å². The van der Waals surface area contributed by atoms with E-state index in [9.17, 15) is 0 Å². The average molecular weight is 268 g/mol. The van der Waals surface area contributed by atoms with Crippen molar-refractivity contribution in [3.63, 3.8) is 0 Å². The minimum Gasteiger partial charge on any atom is -0.330 e. The van der Waals surface area contributed by atoms with Gasteiger partial charge in [-0.25, -0.2) is 0 Å². The zero-order chi connectivity index (χ0) is 11.1. The Balaban J connectivity index is 2.49. The largest absolute Gasteiger partial charge is 0.330 e. The molecular formula is C13H18BrN. The maximum Gasteiger partial charge on any atom is 0.0236 e. The number of benzene rings is 1. The monoisotopic (exact) mass is 267 g/mol. The molecule has 0 atom stereocenters. The lowest BCUT2D eigenvalue weighted by molar-refractivity contribution is 0.252. The van der Waals surface area contributed by atoms with Gasteiger partial charge in [0.05, 0.1) is 0 Å². The molecule has 0 radical (unpaired) electrons. The Labute approximate surface area is 100 Å². The molecule has 1 saturated carbocycles. The fourth-order valence-corrected chi connectivity index (χ4v) is 2.93. The van der Waals surface area contributed by atoms with Gasteiger partial charge >= 0.3 is 0 Å². The Kier molecular flexibility index (Phi) is 2.91. The molecule has 1 aromatic rings. The molecule has 0 aromatic heterocycles. The van der Waals surface area contributed by atoms with Crippen LogP contribution < -0.4 is 5.73 Å². The SMILES string of the molecule is Cc1ccc(C2(CN)CCC2)c(C)c1Br. The van der Waals surface area contributed by atoms with E-state index in [0.717, 1.165) is 6.54 Å². The average Bonchev–Trinajstić information content (AvgIpc) is 2.17. The topological polar surface area (TPSA) is 26.0 Å². The van der Waals surface area contributed by atoms with E-state index >= 15 is 0 Å². The minimum absolute atomic E-state index is 0.278. The van der Waals surface area contributed by atoms with Crippen molar-refractivity contribution in [2.45, 2.75) is 38.5 Å². The highest BCUT2D eigenvalue weighted by Crippen LogP contribution is 2.45. The third-order valence-electron chi connectivity index (χ3n) is 3.85. The molecule has 1 nitrogen and oxygen atoms in total. The smallest absolute Gasteiger partial charge is 0.0236 e. The van der Waals surface area contributed by atoms with Crippen molar-refractivity contribution in [1.29, 1.82) is 0 Å². The van der Waals surface area contributed by atoms with Gasteiger partial charge in [-0.15, -0.1) is 0 Å². The first-order chi connectivity index (χ1) is 7.10. The van der Waals surface area contributed by atoms with Gasteiger partial charge in [0.25, 0.3) is 0 Å². The van der Waals surface area contributed by atoms with E-state index in [0.29, 0.717) is 0 Å². The van der Waals surface area contributed by atoms with Gasteiger partial charge in [-0.3, -0.25) is 0 Å². The first-order valence-electron chi connectivity index (χ1n) is 5.57. The van der Waals surface area contributed by atoms with Gasteiger partial charge in [0.1, 0.15) is 0 Å². The quantitative estimate of drug-likeness (QED) is 0.873. The fourth-order valence-electron chi connectivity index (χ4n) is 2.58. The highest BCUT2D eigenvalue weighted by atomic mass is 79.9. The van der Waals surface area contributed by atoms with Gasteiger partial charge in [-0.05, 0) is 43.4 Å². The molecule has 0 unspecified atom stereocenters. The summed E-state index contributed by atoms with van der Waals surface area (Å²) in [4.78, 5) is 0. The summed E-state index contributed by atoms with van der Waals surface area (Å²) in [5.74, 6) is 0. The van der Waals surface area contributed by atoms with Crippen molar-refractivity contribution >= 4 is 15.9 Å². The van der Waals surface area contributed by atoms with Crippen molar-refractivity contribution in [3.8, 4) is 0 Å². The van der Waals surface area contributed by atoms with E-state index in [-0.39, 0.29) is 5.41 Å². The molecule has 0 saturated heterocycles. The molecule has 1 aliphatic carbocycles. The van der Waals surface area contributed by atoms with E-state index in [4.69, 9.17) is 5.73 Å². The first kappa shape index (κ1) is 11.2. The van der Waals surface area contributed by atoms with Crippen LogP contribution in [0.15, 0.2) is 16.6 Å². The van der Waals surface area contributed by atoms with E-state index in [2.05, 4.69) is 41.9 Å². The molecule has 1 fully saturated rings. The molecule has 1 aromatic carbocycles. The third kappa shape index (κ3) is 1.64. The standard InChI is InChI=1S/C13H18BrN/c1-9-4-5-11(10(2)12(9)14)13(8-15)6-3-7-13/h4-5H,3,6-8,15H2,1-2H3. The number of hydrogen-bond donors (Lipinski definition) is 1. The molecule has 0 aliphatic heterocycles. The number of aryl methyl sites for hydroxylation is 1. The summed E-state index contributed by atoms with van der Waals surface area (Å²) in [5.41, 5.74) is 10.4. The Hall–Kier alpha value is -0.340. The van der Waals surface area contributed by atoms with Crippen molar-refractivity contribution in [3.05, 3.63) is 33.3 Å². The van der Waals surface area contributed by atoms with Crippen LogP contribution >= 0.6 is 15.9 Å². The molecule has 2 rings (SSSR count). The Morgan fingerprint density at radius 2 is 2.00 bits per heavy atom. The van der Waals surface area contributed by atoms with Gasteiger partial charge in [-0.2, -0.15) is 0 Å². The van der Waals surface area contributed by atoms with E-state index in [1.807, 2.05) is 0 Å². The maximum absolute atomic E-state index is 5.94. The van der Waals surface area contributed by atoms with Crippen LogP contribution in [0.25, 0.3) is 0 Å². The van der Waals surface area contributed by atoms with E-state index in [1.165, 1.54) is 40.4 Å². The lowest BCUT2D eigenvalue weighted by Gasteiger charge is -2.42. The number of hydrogen-bond acceptors (Lipinski definition) is 1. The maximum atomic E-state index is 5.94. The van der Waals surface area contributed by atoms with Crippen LogP contribution in [0.1, 0.15) is 36.0 Å². The minimum atomic E-state index is 0.278. The molecule has 2 N–H and O–H groups in total. The number of nitrogens with two attached hydrogens (primary N) is 1. The molecule has 0 amide bonds. The summed E-state index contributed by atoms with van der Waals surface area (Å²) in [7, 11) is 0. The number of rotatable bonds is 2. The van der Waals surface area contributed by atoms with Crippen LogP contribution in [-0.2, 0) is 5.41 Å². The fraction of sp³-hybridized carbons (Fsp3) is 0.538. The molecule has 0 bridgehead atoms. The Morgan fingerprint density at radius 3 is 2.47 bits per heavy atom. The molecule has 1 aliphatic rings. The van der Waals surface area contributed by atoms with Crippen LogP contribution in [0.3, 0.4) is 0 Å². The van der Waals surface area contributed by atoms with Crippen molar-refractivity contribution in [2.24, 2.45) is 5.73 Å². The predicted octanol–water partition coefficient (Wildman–Crippen LogP) is 3.45. The van der Waals surface area contributed by atoms with E-state index < -0.39 is 0 Å². The second-order valence-electron chi connectivity index (χ2n) is 4.71. The van der Waals surface area contributed by atoms with Crippen LogP contribution in [-0.4, -0.2) is 6.54 Å². The van der Waals surface area contributed by atoms with Crippen molar-refractivity contribution in [1.82, 2.24) is 0 Å². The van der Waals surface area contributed by atoms with Gasteiger partial charge in [-0.1, -0.05) is 34.5 Å². The summed E-state index contributed by atoms with van der Waals surface area (Å²) < 4.78 is 1.25. The van der Waals surface area contributed by atoms with Gasteiger partial charge in [0.2, 0.25) is 0 Å². The third-order valence-corrected chi connectivity index (χ3v) is 5.07. The van der Waals surface area contributed by atoms with E-state index in [1.54, 1.807) is 0 Å². The van der Waals surface area contributed by atoms with Crippen molar-refractivity contribution < 1.29 is 0 Å². The summed E-state index contributed by atoms with van der Waals surface area (Å²) in [6.45, 7) is 5.11. The normalized spacial score (nSPS) is 18.7. The highest BCUT2D eigenvalue weighted by Gasteiger charge is 2.38. The van der Waals surface area contributed by atoms with Gasteiger partial charge in [0, 0.05) is 16.4 Å². The highest BCUT2D eigenvalue weighted by molar-refractivity contribution is 9.10. The second kappa shape index (κ2) is 3.91. The summed E-state index contributed by atoms with van der Waals surface area (Å²) >= 11 is 3.66. The molecule has 0 heterocycles. The van der Waals surface area contributed by atoms with Gasteiger partial charge < -0.3 is 5.73 Å². The van der Waals surface area contributed by atoms with Gasteiger partial charge in [0.15, 0.2) is 0 Å². The van der Waals surface area contributed by atoms with Crippen LogP contribution in [0.5, 0.6) is 0 Å². The second-order valence-corrected chi connectivity index (χ2v) is 5.50. The molecule has 0 spiro atoms. The Bertz CT molecular complexity index is 375. The van der Waals surface area contributed by atoms with Crippen LogP contribution in [0.2, 0.25) is 0 Å². The zero-order valence-corrected chi connectivity index (χ0v) is 11.0. The zero-order valence-electron chi connectivity index (χ0n) is 9.44. The molecular weight excluding hydrogens is 250 g/mol. The predicted molar refractivity (Wildman–Crippen MR) is 68.2 cm³/mol. The van der Waals surface area contributed by atoms with Crippen molar-refractivity contribution in [2.75, 3.05) is 6.54 Å². The molecule has 2 heteroatoms. The molecule has 15 heavy (non-hydrogen) atoms. The Morgan fingerprint density at radius 1 is 1.33 bits per heavy atom. The molecule has 82 valence electrons. The first-order valence-corrected chi connectivity index (χ1v) is 6.36. The summed E-state index contributed by atoms with van der Waals surface area (Å²) in [5, 5.41) is 0. The summed E-state index contributed by atoms with van der Waals surface area (Å²) in [6, 6.07) is 4.46.